The molecule has 8 heteroatoms. The Morgan fingerprint density at radius 2 is 1.56 bits per heavy atom. The van der Waals surface area contributed by atoms with Crippen LogP contribution in [0.3, 0.4) is 0 Å². The zero-order chi connectivity index (χ0) is 24.5. The van der Waals surface area contributed by atoms with Crippen molar-refractivity contribution in [2.45, 2.75) is 0 Å². The number of pyridine rings is 1. The number of fused-ring (bicyclic) bond motifs is 2. The lowest BCUT2D eigenvalue weighted by atomic mass is 10.1. The Kier molecular flexibility index (Phi) is 5.91. The lowest BCUT2D eigenvalue weighted by Crippen LogP contribution is -2.47. The van der Waals surface area contributed by atoms with Gasteiger partial charge in [-0.1, -0.05) is 29.8 Å². The molecule has 6 rings (SSSR count). The highest BCUT2D eigenvalue weighted by Crippen LogP contribution is 2.37. The number of benzene rings is 3. The third-order valence-corrected chi connectivity index (χ3v) is 6.61. The molecule has 3 heterocycles. The number of anilines is 2. The molecule has 1 saturated heterocycles. The Balaban J connectivity index is 1.29. The lowest BCUT2D eigenvalue weighted by Gasteiger charge is -2.37. The smallest absolute Gasteiger partial charge is 0.228 e. The van der Waals surface area contributed by atoms with Crippen LogP contribution in [0.15, 0.2) is 79.0 Å². The predicted molar refractivity (Wildman–Crippen MR) is 144 cm³/mol. The average molecular weight is 498 g/mol. The fourth-order valence-electron chi connectivity index (χ4n) is 4.62. The molecule has 0 bridgehead atoms. The number of hydrogen-bond acceptors (Lipinski definition) is 7. The Bertz CT molecular complexity index is 1540. The van der Waals surface area contributed by atoms with Crippen molar-refractivity contribution < 1.29 is 9.47 Å². The largest absolute Gasteiger partial charge is 0.497 e. The molecule has 1 aliphatic rings. The summed E-state index contributed by atoms with van der Waals surface area (Å²) < 4.78 is 11.4. The van der Waals surface area contributed by atoms with E-state index in [0.29, 0.717) is 16.9 Å². The molecular formula is C28H24ClN5O2. The maximum atomic E-state index is 6.30. The third-order valence-electron chi connectivity index (χ3n) is 6.38. The molecule has 0 amide bonds. The van der Waals surface area contributed by atoms with E-state index >= 15 is 0 Å². The van der Waals surface area contributed by atoms with Crippen LogP contribution in [0.4, 0.5) is 11.6 Å². The first-order valence-corrected chi connectivity index (χ1v) is 12.2. The van der Waals surface area contributed by atoms with Crippen molar-refractivity contribution in [1.29, 1.82) is 0 Å². The van der Waals surface area contributed by atoms with E-state index in [-0.39, 0.29) is 0 Å². The van der Waals surface area contributed by atoms with Crippen LogP contribution in [-0.4, -0.2) is 48.2 Å². The highest BCUT2D eigenvalue weighted by molar-refractivity contribution is 6.31. The summed E-state index contributed by atoms with van der Waals surface area (Å²) in [6, 6.07) is 23.3. The van der Waals surface area contributed by atoms with Crippen LogP contribution in [0.2, 0.25) is 5.02 Å². The van der Waals surface area contributed by atoms with Crippen molar-refractivity contribution in [2.75, 3.05) is 43.1 Å². The monoisotopic (exact) mass is 497 g/mol. The fourth-order valence-corrected chi connectivity index (χ4v) is 4.79. The van der Waals surface area contributed by atoms with Crippen molar-refractivity contribution >= 4 is 45.0 Å². The summed E-state index contributed by atoms with van der Waals surface area (Å²) in [4.78, 5) is 18.6. The minimum atomic E-state index is 0.531. The van der Waals surface area contributed by atoms with Gasteiger partial charge in [0.1, 0.15) is 11.5 Å². The maximum Gasteiger partial charge on any atom is 0.228 e. The van der Waals surface area contributed by atoms with Crippen LogP contribution in [0.5, 0.6) is 17.4 Å². The van der Waals surface area contributed by atoms with Crippen molar-refractivity contribution in [2.24, 2.45) is 0 Å². The van der Waals surface area contributed by atoms with Gasteiger partial charge >= 0.3 is 0 Å². The van der Waals surface area contributed by atoms with E-state index in [1.54, 1.807) is 19.4 Å². The number of hydrogen-bond donors (Lipinski definition) is 0. The third kappa shape index (κ3) is 4.33. The molecule has 0 unspecified atom stereocenters. The molecule has 2 aromatic heterocycles. The van der Waals surface area contributed by atoms with E-state index in [0.717, 1.165) is 65.2 Å². The molecule has 5 aromatic rings. The highest BCUT2D eigenvalue weighted by Gasteiger charge is 2.23. The van der Waals surface area contributed by atoms with Gasteiger partial charge < -0.3 is 19.3 Å². The summed E-state index contributed by atoms with van der Waals surface area (Å²) in [7, 11) is 1.68. The van der Waals surface area contributed by atoms with Crippen molar-refractivity contribution in [3.63, 3.8) is 0 Å². The van der Waals surface area contributed by atoms with Crippen LogP contribution < -0.4 is 19.3 Å². The van der Waals surface area contributed by atoms with Gasteiger partial charge in [-0.05, 0) is 48.5 Å². The highest BCUT2D eigenvalue weighted by atomic mass is 35.5. The first-order chi connectivity index (χ1) is 17.7. The second-order valence-electron chi connectivity index (χ2n) is 8.59. The summed E-state index contributed by atoms with van der Waals surface area (Å²) in [5, 5.41) is 2.81. The second kappa shape index (κ2) is 9.51. The molecule has 0 spiro atoms. The molecule has 0 aliphatic carbocycles. The first-order valence-electron chi connectivity index (χ1n) is 11.8. The van der Waals surface area contributed by atoms with E-state index in [2.05, 4.69) is 31.9 Å². The van der Waals surface area contributed by atoms with Crippen LogP contribution in [0, 0.1) is 0 Å². The zero-order valence-electron chi connectivity index (χ0n) is 19.8. The molecular weight excluding hydrogens is 474 g/mol. The number of nitrogens with zero attached hydrogens (tertiary/aromatic N) is 5. The number of piperazine rings is 1. The van der Waals surface area contributed by atoms with Gasteiger partial charge in [-0.2, -0.15) is 4.98 Å². The zero-order valence-corrected chi connectivity index (χ0v) is 20.5. The molecule has 36 heavy (non-hydrogen) atoms. The maximum absolute atomic E-state index is 6.30. The predicted octanol–water partition coefficient (Wildman–Crippen LogP) is 5.96. The normalized spacial score (nSPS) is 13.8. The van der Waals surface area contributed by atoms with Crippen molar-refractivity contribution in [1.82, 2.24) is 15.0 Å². The van der Waals surface area contributed by atoms with Crippen molar-refractivity contribution in [3.8, 4) is 17.4 Å². The van der Waals surface area contributed by atoms with E-state index < -0.39 is 0 Å². The van der Waals surface area contributed by atoms with Gasteiger partial charge in [0.15, 0.2) is 0 Å². The van der Waals surface area contributed by atoms with Gasteiger partial charge in [0.2, 0.25) is 11.8 Å². The van der Waals surface area contributed by atoms with Crippen LogP contribution >= 0.6 is 11.6 Å². The number of aromatic nitrogens is 3. The summed E-state index contributed by atoms with van der Waals surface area (Å²) >= 11 is 6.30. The topological polar surface area (TPSA) is 63.6 Å². The molecule has 1 aliphatic heterocycles. The fraction of sp³-hybridized carbons (Fsp3) is 0.179. The molecule has 1 fully saturated rings. The number of rotatable bonds is 5. The van der Waals surface area contributed by atoms with E-state index in [1.807, 2.05) is 54.6 Å². The molecule has 0 saturated carbocycles. The van der Waals surface area contributed by atoms with E-state index in [9.17, 15) is 0 Å². The summed E-state index contributed by atoms with van der Waals surface area (Å²) in [5.41, 5.74) is 2.94. The molecule has 3 aromatic carbocycles. The first kappa shape index (κ1) is 22.4. The van der Waals surface area contributed by atoms with Gasteiger partial charge in [-0.3, -0.25) is 0 Å². The minimum absolute atomic E-state index is 0.531. The SMILES string of the molecule is COc1ccc2nc3cc(Cl)ccc3c(N3CCN(c4nccc(Oc5ccccc5)n4)CC3)c2c1. The molecule has 0 N–H and O–H groups in total. The van der Waals surface area contributed by atoms with Crippen LogP contribution in [0.25, 0.3) is 21.8 Å². The quantitative estimate of drug-likeness (QED) is 0.278. The Hall–Kier alpha value is -4.10. The van der Waals surface area contributed by atoms with Gasteiger partial charge in [0, 0.05) is 54.2 Å². The molecule has 7 nitrogen and oxygen atoms in total. The average Bonchev–Trinajstić information content (AvgIpc) is 2.92. The lowest BCUT2D eigenvalue weighted by molar-refractivity contribution is 0.415. The van der Waals surface area contributed by atoms with Gasteiger partial charge in [0.25, 0.3) is 0 Å². The van der Waals surface area contributed by atoms with Crippen molar-refractivity contribution in [3.05, 3.63) is 84.0 Å². The Morgan fingerprint density at radius 1 is 0.750 bits per heavy atom. The van der Waals surface area contributed by atoms with E-state index in [4.69, 9.17) is 26.1 Å². The molecule has 0 atom stereocenters. The van der Waals surface area contributed by atoms with Gasteiger partial charge in [-0.25, -0.2) is 9.97 Å². The Labute approximate surface area is 213 Å². The molecule has 180 valence electrons. The standard InChI is InChI=1S/C28H24ClN5O2/c1-35-21-8-10-24-23(18-21)27(22-9-7-19(29)17-25(22)31-24)33-13-15-34(16-14-33)28-30-12-11-26(32-28)36-20-5-3-2-4-6-20/h2-12,17-18H,13-16H2,1H3. The van der Waals surface area contributed by atoms with Crippen LogP contribution in [-0.2, 0) is 0 Å². The summed E-state index contributed by atoms with van der Waals surface area (Å²) in [6.45, 7) is 3.16. The Morgan fingerprint density at radius 3 is 2.36 bits per heavy atom. The summed E-state index contributed by atoms with van der Waals surface area (Å²) in [5.74, 6) is 2.75. The number of ether oxygens (including phenoxy) is 2. The summed E-state index contributed by atoms with van der Waals surface area (Å²) in [6.07, 6.45) is 1.74. The number of halogens is 1. The second-order valence-corrected chi connectivity index (χ2v) is 9.03. The minimum Gasteiger partial charge on any atom is -0.497 e. The number of para-hydroxylation sites is 1. The van der Waals surface area contributed by atoms with Crippen LogP contribution in [0.1, 0.15) is 0 Å². The molecule has 0 radical (unpaired) electrons. The van der Waals surface area contributed by atoms with Gasteiger partial charge in [-0.15, -0.1) is 0 Å². The van der Waals surface area contributed by atoms with Gasteiger partial charge in [0.05, 0.1) is 23.8 Å². The number of methoxy groups -OCH3 is 1. The van der Waals surface area contributed by atoms with E-state index in [1.165, 1.54) is 0 Å².